The van der Waals surface area contributed by atoms with Crippen LogP contribution < -0.4 is 5.32 Å². The lowest BCUT2D eigenvalue weighted by molar-refractivity contribution is 0.0947. The first-order valence-corrected chi connectivity index (χ1v) is 9.24. The zero-order valence-electron chi connectivity index (χ0n) is 14.1. The van der Waals surface area contributed by atoms with Crippen molar-refractivity contribution in [3.63, 3.8) is 0 Å². The average Bonchev–Trinajstić information content (AvgIpc) is 2.74. The molecule has 1 aliphatic rings. The third kappa shape index (κ3) is 3.59. The molecule has 0 bridgehead atoms. The molecule has 5 heteroatoms. The van der Waals surface area contributed by atoms with Crippen LogP contribution in [0.5, 0.6) is 0 Å². The monoisotopic (exact) mass is 350 g/mol. The molecule has 1 aromatic heterocycles. The van der Waals surface area contributed by atoms with Crippen LogP contribution >= 0.6 is 11.6 Å². The molecule has 0 unspecified atom stereocenters. The Balaban J connectivity index is 1.81. The number of hydrogen-bond donors (Lipinski definition) is 1. The van der Waals surface area contributed by atoms with Crippen molar-refractivity contribution >= 4 is 28.4 Å². The molecule has 0 atom stereocenters. The Bertz CT molecular complexity index is 733. The van der Waals surface area contributed by atoms with E-state index in [0.29, 0.717) is 35.5 Å². The molecule has 0 saturated heterocycles. The van der Waals surface area contributed by atoms with Gasteiger partial charge in [0.25, 0.3) is 5.91 Å². The predicted octanol–water partition coefficient (Wildman–Crippen LogP) is 5.15. The fraction of sp³-hybridized carbons (Fsp3) is 0.526. The molecule has 0 aliphatic heterocycles. The number of nitrogens with one attached hydrogen (secondary N) is 1. The van der Waals surface area contributed by atoms with Gasteiger partial charge in [0.15, 0.2) is 0 Å². The SMILES string of the molecule is CCn1cc(C(=O)NCC2CCCCCC2)c2c(Cl)cc(F)cc21. The van der Waals surface area contributed by atoms with Crippen molar-refractivity contribution in [1.82, 2.24) is 9.88 Å². The van der Waals surface area contributed by atoms with Gasteiger partial charge in [-0.1, -0.05) is 37.3 Å². The molecule has 2 aromatic rings. The molecule has 1 aliphatic carbocycles. The maximum atomic E-state index is 13.7. The summed E-state index contributed by atoms with van der Waals surface area (Å²) in [6, 6.07) is 2.71. The number of amides is 1. The van der Waals surface area contributed by atoms with Crippen LogP contribution in [0.3, 0.4) is 0 Å². The van der Waals surface area contributed by atoms with Gasteiger partial charge in [-0.25, -0.2) is 4.39 Å². The van der Waals surface area contributed by atoms with Gasteiger partial charge in [-0.2, -0.15) is 0 Å². The van der Waals surface area contributed by atoms with Gasteiger partial charge in [0.2, 0.25) is 0 Å². The highest BCUT2D eigenvalue weighted by molar-refractivity contribution is 6.36. The Hall–Kier alpha value is -1.55. The number of carbonyl (C=O) groups excluding carboxylic acids is 1. The molecule has 24 heavy (non-hydrogen) atoms. The fourth-order valence-corrected chi connectivity index (χ4v) is 3.98. The minimum absolute atomic E-state index is 0.120. The molecule has 1 heterocycles. The number of halogens is 2. The van der Waals surface area contributed by atoms with Gasteiger partial charge in [0.05, 0.1) is 16.1 Å². The van der Waals surface area contributed by atoms with Crippen molar-refractivity contribution in [2.75, 3.05) is 6.54 Å². The maximum Gasteiger partial charge on any atom is 0.253 e. The van der Waals surface area contributed by atoms with E-state index in [-0.39, 0.29) is 16.7 Å². The van der Waals surface area contributed by atoms with Gasteiger partial charge in [0, 0.05) is 24.7 Å². The van der Waals surface area contributed by atoms with Gasteiger partial charge in [-0.3, -0.25) is 4.79 Å². The molecule has 1 aromatic carbocycles. The van der Waals surface area contributed by atoms with Crippen molar-refractivity contribution in [2.24, 2.45) is 5.92 Å². The molecule has 0 spiro atoms. The van der Waals surface area contributed by atoms with Crippen LogP contribution in [-0.4, -0.2) is 17.0 Å². The quantitative estimate of drug-likeness (QED) is 0.760. The molecule has 1 amide bonds. The summed E-state index contributed by atoms with van der Waals surface area (Å²) in [7, 11) is 0. The summed E-state index contributed by atoms with van der Waals surface area (Å²) in [6.07, 6.45) is 9.25. The summed E-state index contributed by atoms with van der Waals surface area (Å²) >= 11 is 6.22. The minimum atomic E-state index is -0.384. The summed E-state index contributed by atoms with van der Waals surface area (Å²) in [5, 5.41) is 3.99. The van der Waals surface area contributed by atoms with E-state index in [4.69, 9.17) is 11.6 Å². The number of benzene rings is 1. The Morgan fingerprint density at radius 3 is 2.67 bits per heavy atom. The lowest BCUT2D eigenvalue weighted by Crippen LogP contribution is -2.29. The van der Waals surface area contributed by atoms with Crippen LogP contribution in [0.2, 0.25) is 5.02 Å². The van der Waals surface area contributed by atoms with E-state index in [2.05, 4.69) is 5.32 Å². The molecule has 1 N–H and O–H groups in total. The summed E-state index contributed by atoms with van der Waals surface area (Å²) in [5.74, 6) is 0.0551. The third-order valence-corrected chi connectivity index (χ3v) is 5.31. The van der Waals surface area contributed by atoms with E-state index in [1.54, 1.807) is 6.20 Å². The highest BCUT2D eigenvalue weighted by atomic mass is 35.5. The maximum absolute atomic E-state index is 13.7. The summed E-state index contributed by atoms with van der Waals surface area (Å²) in [5.41, 5.74) is 1.20. The second-order valence-corrected chi connectivity index (χ2v) is 7.09. The smallest absolute Gasteiger partial charge is 0.253 e. The van der Waals surface area contributed by atoms with E-state index in [1.165, 1.54) is 50.7 Å². The zero-order valence-corrected chi connectivity index (χ0v) is 14.8. The number of fused-ring (bicyclic) bond motifs is 1. The summed E-state index contributed by atoms with van der Waals surface area (Å²) < 4.78 is 15.5. The Kier molecular flexibility index (Phi) is 5.44. The van der Waals surface area contributed by atoms with Gasteiger partial charge >= 0.3 is 0 Å². The lowest BCUT2D eigenvalue weighted by atomic mass is 10.0. The number of carbonyl (C=O) groups is 1. The fourth-order valence-electron chi connectivity index (χ4n) is 3.68. The van der Waals surface area contributed by atoms with E-state index >= 15 is 0 Å². The molecular formula is C19H24ClFN2O. The van der Waals surface area contributed by atoms with Gasteiger partial charge in [0.1, 0.15) is 5.82 Å². The van der Waals surface area contributed by atoms with Crippen molar-refractivity contribution in [2.45, 2.75) is 52.0 Å². The normalized spacial score (nSPS) is 16.3. The molecule has 1 fully saturated rings. The molecule has 130 valence electrons. The second kappa shape index (κ2) is 7.56. The molecular weight excluding hydrogens is 327 g/mol. The van der Waals surface area contributed by atoms with Crippen molar-refractivity contribution in [1.29, 1.82) is 0 Å². The number of hydrogen-bond acceptors (Lipinski definition) is 1. The molecule has 3 rings (SSSR count). The largest absolute Gasteiger partial charge is 0.352 e. The average molecular weight is 351 g/mol. The third-order valence-electron chi connectivity index (χ3n) is 5.01. The van der Waals surface area contributed by atoms with E-state index in [1.807, 2.05) is 11.5 Å². The van der Waals surface area contributed by atoms with Crippen LogP contribution in [0.4, 0.5) is 4.39 Å². The van der Waals surface area contributed by atoms with Crippen molar-refractivity contribution in [3.05, 3.63) is 34.7 Å². The topological polar surface area (TPSA) is 34.0 Å². The Morgan fingerprint density at radius 1 is 1.29 bits per heavy atom. The first-order chi connectivity index (χ1) is 11.6. The molecule has 3 nitrogen and oxygen atoms in total. The standard InChI is InChI=1S/C19H24ClFN2O/c1-2-23-12-15(18-16(20)9-14(21)10-17(18)23)19(24)22-11-13-7-5-3-4-6-8-13/h9-10,12-13H,2-8,11H2,1H3,(H,22,24). The van der Waals surface area contributed by atoms with Crippen LogP contribution in [0, 0.1) is 11.7 Å². The Morgan fingerprint density at radius 2 is 2.00 bits per heavy atom. The van der Waals surface area contributed by atoms with Gasteiger partial charge in [-0.05, 0) is 37.8 Å². The van der Waals surface area contributed by atoms with Gasteiger partial charge < -0.3 is 9.88 Å². The van der Waals surface area contributed by atoms with Gasteiger partial charge in [-0.15, -0.1) is 0 Å². The summed E-state index contributed by atoms with van der Waals surface area (Å²) in [6.45, 7) is 3.33. The zero-order chi connectivity index (χ0) is 17.1. The molecule has 1 saturated carbocycles. The van der Waals surface area contributed by atoms with Crippen LogP contribution in [-0.2, 0) is 6.54 Å². The number of rotatable bonds is 4. The molecule has 0 radical (unpaired) electrons. The first kappa shape index (κ1) is 17.3. The minimum Gasteiger partial charge on any atom is -0.352 e. The number of aryl methyl sites for hydroxylation is 1. The Labute approximate surface area is 147 Å². The lowest BCUT2D eigenvalue weighted by Gasteiger charge is -2.14. The van der Waals surface area contributed by atoms with E-state index in [0.717, 1.165) is 0 Å². The summed E-state index contributed by atoms with van der Waals surface area (Å²) in [4.78, 5) is 12.7. The highest BCUT2D eigenvalue weighted by Crippen LogP contribution is 2.30. The number of nitrogens with zero attached hydrogens (tertiary/aromatic N) is 1. The van der Waals surface area contributed by atoms with Crippen LogP contribution in [0.25, 0.3) is 10.9 Å². The first-order valence-electron chi connectivity index (χ1n) is 8.86. The number of aromatic nitrogens is 1. The predicted molar refractivity (Wildman–Crippen MR) is 96.1 cm³/mol. The van der Waals surface area contributed by atoms with Crippen molar-refractivity contribution < 1.29 is 9.18 Å². The second-order valence-electron chi connectivity index (χ2n) is 6.68. The van der Waals surface area contributed by atoms with E-state index < -0.39 is 0 Å². The van der Waals surface area contributed by atoms with Crippen LogP contribution in [0.1, 0.15) is 55.8 Å². The highest BCUT2D eigenvalue weighted by Gasteiger charge is 2.20. The van der Waals surface area contributed by atoms with Crippen molar-refractivity contribution in [3.8, 4) is 0 Å². The van der Waals surface area contributed by atoms with E-state index in [9.17, 15) is 9.18 Å². The van der Waals surface area contributed by atoms with Crippen LogP contribution in [0.15, 0.2) is 18.3 Å².